The highest BCUT2D eigenvalue weighted by atomic mass is 16.5. The molecule has 0 unspecified atom stereocenters. The van der Waals surface area contributed by atoms with E-state index < -0.39 is 0 Å². The number of methoxy groups -OCH3 is 1. The molecule has 0 aliphatic rings. The average Bonchev–Trinajstić information content (AvgIpc) is 2.20. The summed E-state index contributed by atoms with van der Waals surface area (Å²) in [5, 5.41) is 8.64. The summed E-state index contributed by atoms with van der Waals surface area (Å²) >= 11 is 0. The smallest absolute Gasteiger partial charge is 0.139 e. The number of hydrogen-bond acceptors (Lipinski definition) is 2. The zero-order valence-electron chi connectivity index (χ0n) is 8.59. The van der Waals surface area contributed by atoms with Gasteiger partial charge in [-0.15, -0.1) is 0 Å². The van der Waals surface area contributed by atoms with Crippen LogP contribution >= 0.6 is 0 Å². The highest BCUT2D eigenvalue weighted by Gasteiger charge is 2.02. The van der Waals surface area contributed by atoms with Crippen LogP contribution in [0, 0.1) is 18.3 Å². The third kappa shape index (κ3) is 2.79. The van der Waals surface area contributed by atoms with Crippen LogP contribution in [0.2, 0.25) is 0 Å². The van der Waals surface area contributed by atoms with Crippen LogP contribution in [0.15, 0.2) is 18.2 Å². The van der Waals surface area contributed by atoms with Gasteiger partial charge in [-0.2, -0.15) is 5.26 Å². The average molecular weight is 177 g/mol. The number of nitriles is 1. The van der Waals surface area contributed by atoms with Crippen molar-refractivity contribution in [2.24, 2.45) is 0 Å². The number of para-hydroxylation sites is 1. The minimum absolute atomic E-state index is 0.590. The summed E-state index contributed by atoms with van der Waals surface area (Å²) in [5.74, 6) is 0.676. The number of hydrogen-bond donors (Lipinski definition) is 0. The van der Waals surface area contributed by atoms with E-state index in [2.05, 4.69) is 6.07 Å². The predicted octanol–water partition coefficient (Wildman–Crippen LogP) is 2.90. The van der Waals surface area contributed by atoms with Gasteiger partial charge in [-0.3, -0.25) is 0 Å². The van der Waals surface area contributed by atoms with Crippen molar-refractivity contribution in [1.29, 1.82) is 5.26 Å². The van der Waals surface area contributed by atoms with Crippen LogP contribution in [0.4, 0.5) is 0 Å². The van der Waals surface area contributed by atoms with E-state index in [1.807, 2.05) is 32.9 Å². The molecule has 0 N–H and O–H groups in total. The predicted molar refractivity (Wildman–Crippen MR) is 53.8 cm³/mol. The molecule has 0 aromatic heterocycles. The summed E-state index contributed by atoms with van der Waals surface area (Å²) in [7, 11) is 1.57. The van der Waals surface area contributed by atoms with E-state index in [-0.39, 0.29) is 0 Å². The summed E-state index contributed by atoms with van der Waals surface area (Å²) < 4.78 is 5.04. The second kappa shape index (κ2) is 6.07. The lowest BCUT2D eigenvalue weighted by Crippen LogP contribution is -1.90. The van der Waals surface area contributed by atoms with Gasteiger partial charge in [0.05, 0.1) is 12.7 Å². The molecule has 0 saturated heterocycles. The van der Waals surface area contributed by atoms with Crippen molar-refractivity contribution in [2.45, 2.75) is 20.8 Å². The molecule has 13 heavy (non-hydrogen) atoms. The SMILES string of the molecule is CC.COc1c(C)cccc1C#N. The van der Waals surface area contributed by atoms with Crippen molar-refractivity contribution < 1.29 is 4.74 Å². The molecule has 1 aromatic carbocycles. The Morgan fingerprint density at radius 3 is 2.31 bits per heavy atom. The highest BCUT2D eigenvalue weighted by molar-refractivity contribution is 5.47. The van der Waals surface area contributed by atoms with E-state index >= 15 is 0 Å². The maximum absolute atomic E-state index is 8.64. The lowest BCUT2D eigenvalue weighted by atomic mass is 10.1. The maximum Gasteiger partial charge on any atom is 0.139 e. The van der Waals surface area contributed by atoms with Gasteiger partial charge in [0, 0.05) is 0 Å². The summed E-state index contributed by atoms with van der Waals surface area (Å²) in [4.78, 5) is 0. The Labute approximate surface area is 79.8 Å². The fourth-order valence-corrected chi connectivity index (χ4v) is 1.01. The summed E-state index contributed by atoms with van der Waals surface area (Å²) in [6.45, 7) is 5.92. The fourth-order valence-electron chi connectivity index (χ4n) is 1.01. The van der Waals surface area contributed by atoms with Crippen LogP contribution in [0.1, 0.15) is 25.0 Å². The molecule has 0 amide bonds. The van der Waals surface area contributed by atoms with Crippen molar-refractivity contribution in [1.82, 2.24) is 0 Å². The normalized spacial score (nSPS) is 7.92. The zero-order valence-corrected chi connectivity index (χ0v) is 8.59. The van der Waals surface area contributed by atoms with E-state index in [0.29, 0.717) is 11.3 Å². The second-order valence-corrected chi connectivity index (χ2v) is 2.27. The molecule has 0 saturated carbocycles. The third-order valence-corrected chi connectivity index (χ3v) is 1.54. The first-order chi connectivity index (χ1) is 6.29. The van der Waals surface area contributed by atoms with Gasteiger partial charge in [0.15, 0.2) is 0 Å². The van der Waals surface area contributed by atoms with Gasteiger partial charge in [-0.1, -0.05) is 26.0 Å². The van der Waals surface area contributed by atoms with Gasteiger partial charge in [0.2, 0.25) is 0 Å². The van der Waals surface area contributed by atoms with Crippen LogP contribution in [-0.2, 0) is 0 Å². The first-order valence-electron chi connectivity index (χ1n) is 4.33. The fraction of sp³-hybridized carbons (Fsp3) is 0.364. The van der Waals surface area contributed by atoms with Crippen LogP contribution in [0.25, 0.3) is 0 Å². The molecule has 70 valence electrons. The largest absolute Gasteiger partial charge is 0.495 e. The molecule has 0 aliphatic heterocycles. The monoisotopic (exact) mass is 177 g/mol. The molecule has 0 spiro atoms. The van der Waals surface area contributed by atoms with Crippen LogP contribution in [0.3, 0.4) is 0 Å². The Morgan fingerprint density at radius 2 is 1.92 bits per heavy atom. The third-order valence-electron chi connectivity index (χ3n) is 1.54. The van der Waals surface area contributed by atoms with Crippen LogP contribution < -0.4 is 4.74 Å². The molecule has 2 nitrogen and oxygen atoms in total. The van der Waals surface area contributed by atoms with Gasteiger partial charge in [-0.05, 0) is 18.6 Å². The second-order valence-electron chi connectivity index (χ2n) is 2.27. The Bertz CT molecular complexity index is 299. The van der Waals surface area contributed by atoms with Gasteiger partial charge >= 0.3 is 0 Å². The zero-order chi connectivity index (χ0) is 10.3. The van der Waals surface area contributed by atoms with E-state index in [9.17, 15) is 0 Å². The van der Waals surface area contributed by atoms with Crippen molar-refractivity contribution >= 4 is 0 Å². The standard InChI is InChI=1S/C9H9NO.C2H6/c1-7-4-3-5-8(6-10)9(7)11-2;1-2/h3-5H,1-2H3;1-2H3. The molecular weight excluding hydrogens is 162 g/mol. The summed E-state index contributed by atoms with van der Waals surface area (Å²) in [5.41, 5.74) is 1.58. The minimum Gasteiger partial charge on any atom is -0.495 e. The van der Waals surface area contributed by atoms with Crippen molar-refractivity contribution in [3.8, 4) is 11.8 Å². The Hall–Kier alpha value is -1.49. The number of ether oxygens (including phenoxy) is 1. The lowest BCUT2D eigenvalue weighted by molar-refractivity contribution is 0.410. The van der Waals surface area contributed by atoms with E-state index in [1.165, 1.54) is 0 Å². The van der Waals surface area contributed by atoms with Gasteiger partial charge < -0.3 is 4.74 Å². The number of benzene rings is 1. The van der Waals surface area contributed by atoms with Gasteiger partial charge in [0.1, 0.15) is 11.8 Å². The van der Waals surface area contributed by atoms with Crippen molar-refractivity contribution in [3.63, 3.8) is 0 Å². The number of nitrogens with zero attached hydrogens (tertiary/aromatic N) is 1. The van der Waals surface area contributed by atoms with E-state index in [1.54, 1.807) is 13.2 Å². The van der Waals surface area contributed by atoms with Crippen molar-refractivity contribution in [2.75, 3.05) is 7.11 Å². The molecular formula is C11H15NO. The van der Waals surface area contributed by atoms with Crippen molar-refractivity contribution in [3.05, 3.63) is 29.3 Å². The van der Waals surface area contributed by atoms with Gasteiger partial charge in [0.25, 0.3) is 0 Å². The molecule has 1 aromatic rings. The molecule has 0 bridgehead atoms. The first kappa shape index (κ1) is 11.5. The molecule has 0 aliphatic carbocycles. The summed E-state index contributed by atoms with van der Waals surface area (Å²) in [6, 6.07) is 7.56. The highest BCUT2D eigenvalue weighted by Crippen LogP contribution is 2.21. The summed E-state index contributed by atoms with van der Waals surface area (Å²) in [6.07, 6.45) is 0. The lowest BCUT2D eigenvalue weighted by Gasteiger charge is -2.04. The molecule has 0 fully saturated rings. The van der Waals surface area contributed by atoms with E-state index in [0.717, 1.165) is 5.56 Å². The quantitative estimate of drug-likeness (QED) is 0.660. The van der Waals surface area contributed by atoms with E-state index in [4.69, 9.17) is 10.00 Å². The van der Waals surface area contributed by atoms with Gasteiger partial charge in [-0.25, -0.2) is 0 Å². The number of rotatable bonds is 1. The first-order valence-corrected chi connectivity index (χ1v) is 4.33. The molecule has 0 heterocycles. The molecule has 1 rings (SSSR count). The maximum atomic E-state index is 8.64. The van der Waals surface area contributed by atoms with Crippen LogP contribution in [0.5, 0.6) is 5.75 Å². The minimum atomic E-state index is 0.590. The molecule has 2 heteroatoms. The topological polar surface area (TPSA) is 33.0 Å². The Balaban J connectivity index is 0.000000671. The van der Waals surface area contributed by atoms with Crippen LogP contribution in [-0.4, -0.2) is 7.11 Å². The molecule has 0 atom stereocenters. The Kier molecular flexibility index (Phi) is 5.38. The molecule has 0 radical (unpaired) electrons. The number of aryl methyl sites for hydroxylation is 1. The Morgan fingerprint density at radius 1 is 1.31 bits per heavy atom.